The van der Waals surface area contributed by atoms with E-state index in [0.717, 1.165) is 10.0 Å². The van der Waals surface area contributed by atoms with Gasteiger partial charge in [-0.1, -0.05) is 28.1 Å². The highest BCUT2D eigenvalue weighted by Crippen LogP contribution is 2.25. The molecule has 0 bridgehead atoms. The van der Waals surface area contributed by atoms with Crippen molar-refractivity contribution in [3.05, 3.63) is 34.3 Å². The molecule has 94 valence electrons. The average Bonchev–Trinajstić information content (AvgIpc) is 2.29. The number of hydrogen-bond acceptors (Lipinski definition) is 3. The van der Waals surface area contributed by atoms with Crippen LogP contribution in [0.25, 0.3) is 0 Å². The first-order valence-corrected chi connectivity index (χ1v) is 8.05. The van der Waals surface area contributed by atoms with Crippen LogP contribution in [0.2, 0.25) is 0 Å². The second-order valence-corrected chi connectivity index (χ2v) is 7.00. The third-order valence-electron chi connectivity index (χ3n) is 2.88. The number of nitrogens with zero attached hydrogens (tertiary/aromatic N) is 1. The Hall–Kier alpha value is -0.430. The standard InChI is InChI=1S/C11H15BrN2O2S/c1-17(15,16)14-7-6-13-8-11(14)9-2-4-10(12)5-3-9/h2-5,11,13H,6-8H2,1H3. The Kier molecular flexibility index (Phi) is 3.87. The Morgan fingerprint density at radius 1 is 1.35 bits per heavy atom. The van der Waals surface area contributed by atoms with Crippen LogP contribution in [-0.4, -0.2) is 38.6 Å². The van der Waals surface area contributed by atoms with Crippen LogP contribution >= 0.6 is 15.9 Å². The van der Waals surface area contributed by atoms with Gasteiger partial charge in [0.1, 0.15) is 0 Å². The topological polar surface area (TPSA) is 49.4 Å². The van der Waals surface area contributed by atoms with E-state index in [2.05, 4.69) is 21.2 Å². The van der Waals surface area contributed by atoms with Crippen LogP contribution in [0.3, 0.4) is 0 Å². The second-order valence-electron chi connectivity index (χ2n) is 4.15. The van der Waals surface area contributed by atoms with Crippen molar-refractivity contribution in [1.29, 1.82) is 0 Å². The number of hydrogen-bond donors (Lipinski definition) is 1. The molecule has 0 radical (unpaired) electrons. The van der Waals surface area contributed by atoms with Gasteiger partial charge in [-0.05, 0) is 17.7 Å². The maximum Gasteiger partial charge on any atom is 0.211 e. The summed E-state index contributed by atoms with van der Waals surface area (Å²) in [6.07, 6.45) is 1.27. The van der Waals surface area contributed by atoms with Gasteiger partial charge in [-0.2, -0.15) is 4.31 Å². The predicted molar refractivity (Wildman–Crippen MR) is 71.3 cm³/mol. The van der Waals surface area contributed by atoms with Crippen molar-refractivity contribution in [2.24, 2.45) is 0 Å². The molecule has 1 N–H and O–H groups in total. The molecule has 1 unspecified atom stereocenters. The summed E-state index contributed by atoms with van der Waals surface area (Å²) in [6.45, 7) is 1.90. The fourth-order valence-electron chi connectivity index (χ4n) is 2.05. The highest BCUT2D eigenvalue weighted by molar-refractivity contribution is 9.10. The molecule has 1 atom stereocenters. The van der Waals surface area contributed by atoms with Crippen molar-refractivity contribution in [2.75, 3.05) is 25.9 Å². The summed E-state index contributed by atoms with van der Waals surface area (Å²) >= 11 is 3.38. The van der Waals surface area contributed by atoms with Crippen LogP contribution in [0.15, 0.2) is 28.7 Å². The molecule has 1 saturated heterocycles. The number of benzene rings is 1. The fraction of sp³-hybridized carbons (Fsp3) is 0.455. The summed E-state index contributed by atoms with van der Waals surface area (Å²) in [5.41, 5.74) is 1.02. The molecule has 0 saturated carbocycles. The smallest absolute Gasteiger partial charge is 0.211 e. The van der Waals surface area contributed by atoms with Crippen LogP contribution < -0.4 is 5.32 Å². The summed E-state index contributed by atoms with van der Waals surface area (Å²) in [5.74, 6) is 0. The van der Waals surface area contributed by atoms with Gasteiger partial charge in [0, 0.05) is 24.1 Å². The first-order valence-electron chi connectivity index (χ1n) is 5.41. The van der Waals surface area contributed by atoms with Crippen LogP contribution in [0, 0.1) is 0 Å². The zero-order valence-corrected chi connectivity index (χ0v) is 12.0. The van der Waals surface area contributed by atoms with E-state index < -0.39 is 10.0 Å². The molecule has 4 nitrogen and oxygen atoms in total. The van der Waals surface area contributed by atoms with Gasteiger partial charge in [-0.15, -0.1) is 0 Å². The van der Waals surface area contributed by atoms with Gasteiger partial charge in [0.25, 0.3) is 0 Å². The maximum atomic E-state index is 11.7. The lowest BCUT2D eigenvalue weighted by Gasteiger charge is -2.34. The molecular weight excluding hydrogens is 304 g/mol. The van der Waals surface area contributed by atoms with Crippen LogP contribution in [-0.2, 0) is 10.0 Å². The first kappa shape index (κ1) is 13.0. The molecule has 0 aromatic heterocycles. The van der Waals surface area contributed by atoms with Crippen molar-refractivity contribution < 1.29 is 8.42 Å². The highest BCUT2D eigenvalue weighted by Gasteiger charge is 2.30. The SMILES string of the molecule is CS(=O)(=O)N1CCNCC1c1ccc(Br)cc1. The van der Waals surface area contributed by atoms with E-state index in [1.165, 1.54) is 6.26 Å². The summed E-state index contributed by atoms with van der Waals surface area (Å²) in [7, 11) is -3.15. The molecule has 6 heteroatoms. The van der Waals surface area contributed by atoms with Gasteiger partial charge < -0.3 is 5.32 Å². The average molecular weight is 319 g/mol. The Balaban J connectivity index is 2.31. The van der Waals surface area contributed by atoms with Crippen LogP contribution in [0.1, 0.15) is 11.6 Å². The molecule has 2 rings (SSSR count). The molecule has 1 aromatic carbocycles. The van der Waals surface area contributed by atoms with Crippen molar-refractivity contribution >= 4 is 26.0 Å². The van der Waals surface area contributed by atoms with E-state index in [9.17, 15) is 8.42 Å². The molecule has 1 fully saturated rings. The van der Waals surface area contributed by atoms with Gasteiger partial charge in [-0.25, -0.2) is 8.42 Å². The lowest BCUT2D eigenvalue weighted by molar-refractivity contribution is 0.273. The molecule has 1 aliphatic heterocycles. The Morgan fingerprint density at radius 3 is 2.59 bits per heavy atom. The minimum atomic E-state index is -3.15. The number of sulfonamides is 1. The summed E-state index contributed by atoms with van der Waals surface area (Å²) in [5, 5.41) is 3.23. The van der Waals surface area contributed by atoms with Crippen molar-refractivity contribution in [1.82, 2.24) is 9.62 Å². The predicted octanol–water partition coefficient (Wildman–Crippen LogP) is 1.35. The minimum Gasteiger partial charge on any atom is -0.313 e. The van der Waals surface area contributed by atoms with Crippen molar-refractivity contribution in [3.8, 4) is 0 Å². The monoisotopic (exact) mass is 318 g/mol. The number of halogens is 1. The molecule has 1 heterocycles. The van der Waals surface area contributed by atoms with E-state index in [1.807, 2.05) is 24.3 Å². The molecule has 0 amide bonds. The zero-order chi connectivity index (χ0) is 12.5. The number of piperazine rings is 1. The van der Waals surface area contributed by atoms with E-state index in [-0.39, 0.29) is 6.04 Å². The van der Waals surface area contributed by atoms with Crippen molar-refractivity contribution in [3.63, 3.8) is 0 Å². The molecule has 17 heavy (non-hydrogen) atoms. The molecular formula is C11H15BrN2O2S. The summed E-state index contributed by atoms with van der Waals surface area (Å²) < 4.78 is 26.0. The Labute approximate surface area is 110 Å². The van der Waals surface area contributed by atoms with Crippen molar-refractivity contribution in [2.45, 2.75) is 6.04 Å². The first-order chi connectivity index (χ1) is 7.98. The lowest BCUT2D eigenvalue weighted by atomic mass is 10.1. The van der Waals surface area contributed by atoms with Gasteiger partial charge >= 0.3 is 0 Å². The van der Waals surface area contributed by atoms with Gasteiger partial charge in [0.2, 0.25) is 10.0 Å². The van der Waals surface area contributed by atoms with Gasteiger partial charge in [0.15, 0.2) is 0 Å². The van der Waals surface area contributed by atoms with E-state index in [1.54, 1.807) is 4.31 Å². The van der Waals surface area contributed by atoms with Gasteiger partial charge in [-0.3, -0.25) is 0 Å². The third-order valence-corrected chi connectivity index (χ3v) is 4.69. The summed E-state index contributed by atoms with van der Waals surface area (Å²) in [4.78, 5) is 0. The van der Waals surface area contributed by atoms with E-state index in [0.29, 0.717) is 19.6 Å². The second kappa shape index (κ2) is 5.06. The highest BCUT2D eigenvalue weighted by atomic mass is 79.9. The molecule has 0 spiro atoms. The Morgan fingerprint density at radius 2 is 2.00 bits per heavy atom. The third kappa shape index (κ3) is 3.07. The maximum absolute atomic E-state index is 11.7. The largest absolute Gasteiger partial charge is 0.313 e. The fourth-order valence-corrected chi connectivity index (χ4v) is 3.40. The van der Waals surface area contributed by atoms with Crippen LogP contribution in [0.4, 0.5) is 0 Å². The normalized spacial score (nSPS) is 22.6. The molecule has 1 aromatic rings. The quantitative estimate of drug-likeness (QED) is 0.895. The summed E-state index contributed by atoms with van der Waals surface area (Å²) in [6, 6.07) is 7.68. The number of nitrogens with one attached hydrogen (secondary N) is 1. The minimum absolute atomic E-state index is 0.105. The van der Waals surface area contributed by atoms with Crippen LogP contribution in [0.5, 0.6) is 0 Å². The lowest BCUT2D eigenvalue weighted by Crippen LogP contribution is -2.48. The number of rotatable bonds is 2. The van der Waals surface area contributed by atoms with E-state index >= 15 is 0 Å². The van der Waals surface area contributed by atoms with E-state index in [4.69, 9.17) is 0 Å². The van der Waals surface area contributed by atoms with Gasteiger partial charge in [0.05, 0.1) is 12.3 Å². The zero-order valence-electron chi connectivity index (χ0n) is 9.56. The molecule has 0 aliphatic carbocycles. The Bertz CT molecular complexity index is 487. The molecule has 1 aliphatic rings.